The van der Waals surface area contributed by atoms with Crippen molar-refractivity contribution in [3.63, 3.8) is 0 Å². The Kier molecular flexibility index (Phi) is 3.65. The van der Waals surface area contributed by atoms with Crippen molar-refractivity contribution in [3.8, 4) is 0 Å². The number of aromatic amines is 1. The molecule has 0 spiro atoms. The Balaban J connectivity index is 1.59. The van der Waals surface area contributed by atoms with Gasteiger partial charge in [-0.25, -0.2) is 0 Å². The first kappa shape index (κ1) is 13.9. The first-order valence-electron chi connectivity index (χ1n) is 7.88. The summed E-state index contributed by atoms with van der Waals surface area (Å²) in [5, 5.41) is 5.87. The zero-order valence-electron chi connectivity index (χ0n) is 12.4. The van der Waals surface area contributed by atoms with E-state index in [9.17, 15) is 0 Å². The lowest BCUT2D eigenvalue weighted by molar-refractivity contribution is 0.452. The van der Waals surface area contributed by atoms with Crippen molar-refractivity contribution in [2.75, 3.05) is 0 Å². The van der Waals surface area contributed by atoms with Gasteiger partial charge in [0, 0.05) is 34.2 Å². The van der Waals surface area contributed by atoms with Gasteiger partial charge in [0.25, 0.3) is 0 Å². The molecule has 2 N–H and O–H groups in total. The third-order valence-corrected chi connectivity index (χ3v) is 4.79. The minimum Gasteiger partial charge on any atom is -0.357 e. The molecule has 0 bridgehead atoms. The third-order valence-electron chi connectivity index (χ3n) is 4.56. The molecule has 3 aromatic rings. The zero-order valence-corrected chi connectivity index (χ0v) is 13.2. The first-order valence-corrected chi connectivity index (χ1v) is 8.26. The molecule has 0 aliphatic heterocycles. The molecule has 0 saturated carbocycles. The third kappa shape index (κ3) is 2.53. The zero-order chi connectivity index (χ0) is 14.9. The lowest BCUT2D eigenvalue weighted by Gasteiger charge is -2.24. The molecule has 2 nitrogen and oxygen atoms in total. The second-order valence-corrected chi connectivity index (χ2v) is 6.45. The molecule has 1 heterocycles. The Hall–Kier alpha value is -1.77. The summed E-state index contributed by atoms with van der Waals surface area (Å²) in [5.41, 5.74) is 5.35. The molecule has 1 aliphatic rings. The van der Waals surface area contributed by atoms with E-state index in [2.05, 4.69) is 40.6 Å². The second-order valence-electron chi connectivity index (χ2n) is 6.02. The van der Waals surface area contributed by atoms with Crippen LogP contribution in [0.25, 0.3) is 10.9 Å². The average Bonchev–Trinajstić information content (AvgIpc) is 2.92. The smallest absolute Gasteiger partial charge is 0.0478 e. The highest BCUT2D eigenvalue weighted by atomic mass is 35.5. The summed E-state index contributed by atoms with van der Waals surface area (Å²) in [4.78, 5) is 3.63. The van der Waals surface area contributed by atoms with E-state index in [4.69, 9.17) is 11.6 Å². The Bertz CT molecular complexity index is 806. The molecule has 112 valence electrons. The van der Waals surface area contributed by atoms with Gasteiger partial charge in [0.1, 0.15) is 0 Å². The molecule has 1 aromatic heterocycles. The van der Waals surface area contributed by atoms with Crippen LogP contribution in [0.15, 0.2) is 48.5 Å². The number of halogens is 1. The Morgan fingerprint density at radius 2 is 2.05 bits per heavy atom. The fourth-order valence-electron chi connectivity index (χ4n) is 3.51. The average molecular weight is 311 g/mol. The molecule has 1 aliphatic carbocycles. The number of fused-ring (bicyclic) bond motifs is 3. The van der Waals surface area contributed by atoms with Crippen LogP contribution >= 0.6 is 11.6 Å². The van der Waals surface area contributed by atoms with Crippen LogP contribution < -0.4 is 5.32 Å². The van der Waals surface area contributed by atoms with E-state index < -0.39 is 0 Å². The molecule has 3 heteroatoms. The van der Waals surface area contributed by atoms with E-state index in [1.165, 1.54) is 47.0 Å². The minimum absolute atomic E-state index is 0.398. The van der Waals surface area contributed by atoms with E-state index in [0.717, 1.165) is 11.6 Å². The van der Waals surface area contributed by atoms with E-state index in [0.29, 0.717) is 6.04 Å². The highest BCUT2D eigenvalue weighted by Crippen LogP contribution is 2.34. The molecule has 1 unspecified atom stereocenters. The van der Waals surface area contributed by atoms with Gasteiger partial charge < -0.3 is 10.3 Å². The lowest BCUT2D eigenvalue weighted by Crippen LogP contribution is -2.24. The van der Waals surface area contributed by atoms with Crippen LogP contribution in [-0.4, -0.2) is 4.98 Å². The van der Waals surface area contributed by atoms with Crippen molar-refractivity contribution in [2.24, 2.45) is 0 Å². The van der Waals surface area contributed by atoms with Crippen molar-refractivity contribution in [1.82, 2.24) is 10.3 Å². The SMILES string of the molecule is Clc1cccc(CNC2CCCc3c2[nH]c2ccccc32)c1. The summed E-state index contributed by atoms with van der Waals surface area (Å²) in [7, 11) is 0. The van der Waals surface area contributed by atoms with Crippen LogP contribution in [0.5, 0.6) is 0 Å². The van der Waals surface area contributed by atoms with E-state index in [1.54, 1.807) is 0 Å². The summed E-state index contributed by atoms with van der Waals surface area (Å²) >= 11 is 6.07. The second kappa shape index (κ2) is 5.79. The molecule has 0 fully saturated rings. The Labute approximate surface area is 135 Å². The van der Waals surface area contributed by atoms with Crippen LogP contribution in [0, 0.1) is 0 Å². The van der Waals surface area contributed by atoms with Gasteiger partial charge in [0.05, 0.1) is 0 Å². The van der Waals surface area contributed by atoms with Crippen LogP contribution in [0.3, 0.4) is 0 Å². The number of nitrogens with one attached hydrogen (secondary N) is 2. The van der Waals surface area contributed by atoms with Gasteiger partial charge in [-0.1, -0.05) is 41.9 Å². The number of H-pyrrole nitrogens is 1. The normalized spacial score (nSPS) is 17.6. The van der Waals surface area contributed by atoms with Crippen LogP contribution in [0.2, 0.25) is 5.02 Å². The van der Waals surface area contributed by atoms with E-state index >= 15 is 0 Å². The molecule has 1 atom stereocenters. The van der Waals surface area contributed by atoms with Gasteiger partial charge in [-0.15, -0.1) is 0 Å². The quantitative estimate of drug-likeness (QED) is 0.701. The number of hydrogen-bond acceptors (Lipinski definition) is 1. The van der Waals surface area contributed by atoms with Crippen molar-refractivity contribution < 1.29 is 0 Å². The molecule has 0 radical (unpaired) electrons. The van der Waals surface area contributed by atoms with Gasteiger partial charge in [-0.3, -0.25) is 0 Å². The predicted molar refractivity (Wildman–Crippen MR) is 92.3 cm³/mol. The highest BCUT2D eigenvalue weighted by Gasteiger charge is 2.23. The molecule has 0 amide bonds. The fourth-order valence-corrected chi connectivity index (χ4v) is 3.72. The van der Waals surface area contributed by atoms with Gasteiger partial charge in [-0.2, -0.15) is 0 Å². The maximum absolute atomic E-state index is 6.07. The lowest BCUT2D eigenvalue weighted by atomic mass is 9.91. The summed E-state index contributed by atoms with van der Waals surface area (Å²) in [6, 6.07) is 17.1. The summed E-state index contributed by atoms with van der Waals surface area (Å²) in [6.07, 6.45) is 3.59. The first-order chi connectivity index (χ1) is 10.8. The minimum atomic E-state index is 0.398. The summed E-state index contributed by atoms with van der Waals surface area (Å²) in [6.45, 7) is 0.847. The highest BCUT2D eigenvalue weighted by molar-refractivity contribution is 6.30. The van der Waals surface area contributed by atoms with Crippen molar-refractivity contribution in [1.29, 1.82) is 0 Å². The molecule has 22 heavy (non-hydrogen) atoms. The van der Waals surface area contributed by atoms with Gasteiger partial charge in [0.2, 0.25) is 0 Å². The maximum Gasteiger partial charge on any atom is 0.0478 e. The number of aryl methyl sites for hydroxylation is 1. The predicted octanol–water partition coefficient (Wildman–Crippen LogP) is 4.99. The van der Waals surface area contributed by atoms with Crippen LogP contribution in [0.1, 0.15) is 35.7 Å². The Morgan fingerprint density at radius 3 is 2.95 bits per heavy atom. The van der Waals surface area contributed by atoms with Crippen LogP contribution in [0.4, 0.5) is 0 Å². The van der Waals surface area contributed by atoms with Gasteiger partial charge in [0.15, 0.2) is 0 Å². The molecular formula is C19H19ClN2. The molecule has 0 saturated heterocycles. The van der Waals surface area contributed by atoms with Gasteiger partial charge in [-0.05, 0) is 48.6 Å². The number of para-hydroxylation sites is 1. The van der Waals surface area contributed by atoms with Crippen LogP contribution in [-0.2, 0) is 13.0 Å². The number of hydrogen-bond donors (Lipinski definition) is 2. The monoisotopic (exact) mass is 310 g/mol. The summed E-state index contributed by atoms with van der Waals surface area (Å²) < 4.78 is 0. The molecule has 2 aromatic carbocycles. The number of rotatable bonds is 3. The number of benzene rings is 2. The van der Waals surface area contributed by atoms with Crippen molar-refractivity contribution >= 4 is 22.5 Å². The fraction of sp³-hybridized carbons (Fsp3) is 0.263. The maximum atomic E-state index is 6.07. The van der Waals surface area contributed by atoms with E-state index in [-0.39, 0.29) is 0 Å². The largest absolute Gasteiger partial charge is 0.357 e. The standard InChI is InChI=1S/C19H19ClN2/c20-14-6-3-5-13(11-14)12-21-18-10-4-8-16-15-7-1-2-9-17(15)22-19(16)18/h1-3,5-7,9,11,18,21-22H,4,8,10,12H2. The van der Waals surface area contributed by atoms with Crippen molar-refractivity contribution in [2.45, 2.75) is 31.8 Å². The summed E-state index contributed by atoms with van der Waals surface area (Å²) in [5.74, 6) is 0. The van der Waals surface area contributed by atoms with Gasteiger partial charge >= 0.3 is 0 Å². The topological polar surface area (TPSA) is 27.8 Å². The Morgan fingerprint density at radius 1 is 1.14 bits per heavy atom. The molecule has 4 rings (SSSR count). The van der Waals surface area contributed by atoms with E-state index in [1.807, 2.05) is 18.2 Å². The number of aromatic nitrogens is 1. The molecular weight excluding hydrogens is 292 g/mol. The van der Waals surface area contributed by atoms with Crippen molar-refractivity contribution in [3.05, 3.63) is 70.4 Å².